The van der Waals surface area contributed by atoms with E-state index in [0.29, 0.717) is 5.69 Å². The van der Waals surface area contributed by atoms with Crippen molar-refractivity contribution >= 4 is 0 Å². The lowest BCUT2D eigenvalue weighted by atomic mass is 10.1. The molecule has 1 aromatic carbocycles. The van der Waals surface area contributed by atoms with Crippen molar-refractivity contribution in [1.82, 2.24) is 9.97 Å². The predicted molar refractivity (Wildman–Crippen MR) is 68.4 cm³/mol. The van der Waals surface area contributed by atoms with Crippen LogP contribution in [0.3, 0.4) is 0 Å². The zero-order chi connectivity index (χ0) is 13.0. The fourth-order valence-corrected chi connectivity index (χ4v) is 1.98. The number of nitrogens with zero attached hydrogens (tertiary/aromatic N) is 2. The predicted octanol–water partition coefficient (Wildman–Crippen LogP) is 2.38. The maximum absolute atomic E-state index is 8.97. The van der Waals surface area contributed by atoms with Gasteiger partial charge in [-0.05, 0) is 31.4 Å². The van der Waals surface area contributed by atoms with E-state index in [0.717, 1.165) is 35.7 Å². The highest BCUT2D eigenvalue weighted by Gasteiger charge is 2.09. The minimum absolute atomic E-state index is 0.488. The van der Waals surface area contributed by atoms with Crippen LogP contribution in [0.15, 0.2) is 24.3 Å². The van der Waals surface area contributed by atoms with Gasteiger partial charge in [-0.3, -0.25) is 0 Å². The molecule has 18 heavy (non-hydrogen) atoms. The van der Waals surface area contributed by atoms with Crippen LogP contribution in [-0.4, -0.2) is 17.1 Å². The second-order valence-electron chi connectivity index (χ2n) is 4.07. The van der Waals surface area contributed by atoms with Crippen molar-refractivity contribution in [2.45, 2.75) is 19.8 Å². The van der Waals surface area contributed by atoms with Crippen molar-refractivity contribution in [3.05, 3.63) is 47.0 Å². The van der Waals surface area contributed by atoms with E-state index in [-0.39, 0.29) is 0 Å². The Morgan fingerprint density at radius 2 is 2.11 bits per heavy atom. The Hall–Kier alpha value is -2.28. The highest BCUT2D eigenvalue weighted by atomic mass is 16.5. The van der Waals surface area contributed by atoms with Gasteiger partial charge in [-0.1, -0.05) is 18.2 Å². The average molecular weight is 241 g/mol. The summed E-state index contributed by atoms with van der Waals surface area (Å²) in [6.07, 6.45) is 1.57. The standard InChI is InChI=1S/C14H15N3O/c1-10-16-12(13(9-15)17-10)8-7-11-5-3-4-6-14(11)18-2/h3-6H,7-8H2,1-2H3,(H,16,17). The van der Waals surface area contributed by atoms with Gasteiger partial charge < -0.3 is 9.72 Å². The molecule has 2 rings (SSSR count). The number of aryl methyl sites for hydroxylation is 3. The summed E-state index contributed by atoms with van der Waals surface area (Å²) < 4.78 is 5.30. The van der Waals surface area contributed by atoms with E-state index in [1.54, 1.807) is 7.11 Å². The molecule has 0 atom stereocenters. The summed E-state index contributed by atoms with van der Waals surface area (Å²) in [6.45, 7) is 1.85. The summed E-state index contributed by atoms with van der Waals surface area (Å²) in [5, 5.41) is 8.97. The van der Waals surface area contributed by atoms with Crippen LogP contribution >= 0.6 is 0 Å². The van der Waals surface area contributed by atoms with Crippen molar-refractivity contribution in [3.63, 3.8) is 0 Å². The van der Waals surface area contributed by atoms with Crippen molar-refractivity contribution in [1.29, 1.82) is 5.26 Å². The number of hydrogen-bond acceptors (Lipinski definition) is 3. The summed E-state index contributed by atoms with van der Waals surface area (Å²) in [5.74, 6) is 1.66. The van der Waals surface area contributed by atoms with Crippen LogP contribution in [-0.2, 0) is 12.8 Å². The molecule has 0 aliphatic carbocycles. The molecule has 4 nitrogen and oxygen atoms in total. The van der Waals surface area contributed by atoms with Gasteiger partial charge in [0.05, 0.1) is 12.8 Å². The fraction of sp³-hybridized carbons (Fsp3) is 0.286. The number of hydrogen-bond donors (Lipinski definition) is 1. The van der Waals surface area contributed by atoms with Crippen LogP contribution in [0.2, 0.25) is 0 Å². The van der Waals surface area contributed by atoms with Crippen LogP contribution in [0.1, 0.15) is 22.8 Å². The molecule has 0 spiro atoms. The lowest BCUT2D eigenvalue weighted by Crippen LogP contribution is -1.97. The van der Waals surface area contributed by atoms with Crippen molar-refractivity contribution in [2.24, 2.45) is 0 Å². The molecule has 0 aliphatic heterocycles. The van der Waals surface area contributed by atoms with E-state index < -0.39 is 0 Å². The molecular formula is C14H15N3O. The van der Waals surface area contributed by atoms with E-state index in [2.05, 4.69) is 16.0 Å². The van der Waals surface area contributed by atoms with Gasteiger partial charge in [-0.2, -0.15) is 5.26 Å². The Bertz CT molecular complexity index is 581. The first-order valence-electron chi connectivity index (χ1n) is 5.82. The van der Waals surface area contributed by atoms with Gasteiger partial charge >= 0.3 is 0 Å². The minimum Gasteiger partial charge on any atom is -0.496 e. The molecule has 2 aromatic rings. The quantitative estimate of drug-likeness (QED) is 0.894. The van der Waals surface area contributed by atoms with Crippen LogP contribution in [0, 0.1) is 18.3 Å². The van der Waals surface area contributed by atoms with E-state index in [9.17, 15) is 0 Å². The maximum Gasteiger partial charge on any atom is 0.161 e. The van der Waals surface area contributed by atoms with Crippen LogP contribution < -0.4 is 4.74 Å². The Labute approximate surface area is 106 Å². The molecule has 4 heteroatoms. The average Bonchev–Trinajstić information content (AvgIpc) is 2.77. The molecule has 0 amide bonds. The molecule has 0 saturated carbocycles. The molecule has 1 N–H and O–H groups in total. The normalized spacial score (nSPS) is 10.1. The number of ether oxygens (including phenoxy) is 1. The molecule has 0 fully saturated rings. The Kier molecular flexibility index (Phi) is 3.63. The van der Waals surface area contributed by atoms with Gasteiger partial charge in [0.2, 0.25) is 0 Å². The van der Waals surface area contributed by atoms with Crippen molar-refractivity contribution in [2.75, 3.05) is 7.11 Å². The molecule has 1 aromatic heterocycles. The summed E-state index contributed by atoms with van der Waals surface area (Å²) in [6, 6.07) is 10.0. The fourth-order valence-electron chi connectivity index (χ4n) is 1.98. The molecule has 1 heterocycles. The van der Waals surface area contributed by atoms with Crippen molar-refractivity contribution < 1.29 is 4.74 Å². The molecule has 0 aliphatic rings. The summed E-state index contributed by atoms with van der Waals surface area (Å²) in [7, 11) is 1.67. The number of aromatic nitrogens is 2. The number of aromatic amines is 1. The number of rotatable bonds is 4. The second-order valence-corrected chi connectivity index (χ2v) is 4.07. The van der Waals surface area contributed by atoms with Gasteiger partial charge in [0.25, 0.3) is 0 Å². The molecule has 0 unspecified atom stereocenters. The third kappa shape index (κ3) is 2.51. The van der Waals surface area contributed by atoms with Gasteiger partial charge in [-0.25, -0.2) is 4.98 Å². The second kappa shape index (κ2) is 5.37. The van der Waals surface area contributed by atoms with Gasteiger partial charge in [0.1, 0.15) is 17.6 Å². The largest absolute Gasteiger partial charge is 0.496 e. The van der Waals surface area contributed by atoms with Crippen LogP contribution in [0.5, 0.6) is 5.75 Å². The number of para-hydroxylation sites is 1. The summed E-state index contributed by atoms with van der Waals surface area (Å²) in [4.78, 5) is 7.26. The van der Waals surface area contributed by atoms with Crippen molar-refractivity contribution in [3.8, 4) is 11.8 Å². The number of imidazole rings is 1. The zero-order valence-electron chi connectivity index (χ0n) is 10.5. The SMILES string of the molecule is COc1ccccc1CCc1[nH]c(C)nc1C#N. The first kappa shape index (κ1) is 12.2. The summed E-state index contributed by atoms with van der Waals surface area (Å²) >= 11 is 0. The third-order valence-electron chi connectivity index (χ3n) is 2.84. The van der Waals surface area contributed by atoms with Crippen LogP contribution in [0.4, 0.5) is 0 Å². The highest BCUT2D eigenvalue weighted by molar-refractivity contribution is 5.35. The van der Waals surface area contributed by atoms with Gasteiger partial charge in [0, 0.05) is 0 Å². The zero-order valence-corrected chi connectivity index (χ0v) is 10.5. The van der Waals surface area contributed by atoms with E-state index in [1.165, 1.54) is 0 Å². The monoisotopic (exact) mass is 241 g/mol. The lowest BCUT2D eigenvalue weighted by Gasteiger charge is -2.07. The smallest absolute Gasteiger partial charge is 0.161 e. The Morgan fingerprint density at radius 1 is 1.33 bits per heavy atom. The maximum atomic E-state index is 8.97. The molecule has 0 bridgehead atoms. The Balaban J connectivity index is 2.14. The molecule has 0 radical (unpaired) electrons. The number of methoxy groups -OCH3 is 1. The summed E-state index contributed by atoms with van der Waals surface area (Å²) in [5.41, 5.74) is 2.51. The highest BCUT2D eigenvalue weighted by Crippen LogP contribution is 2.19. The minimum atomic E-state index is 0.488. The van der Waals surface area contributed by atoms with E-state index >= 15 is 0 Å². The number of H-pyrrole nitrogens is 1. The first-order chi connectivity index (χ1) is 8.74. The van der Waals surface area contributed by atoms with E-state index in [4.69, 9.17) is 10.00 Å². The van der Waals surface area contributed by atoms with Gasteiger partial charge in [-0.15, -0.1) is 0 Å². The molecule has 92 valence electrons. The topological polar surface area (TPSA) is 61.7 Å². The number of nitriles is 1. The number of nitrogens with one attached hydrogen (secondary N) is 1. The first-order valence-corrected chi connectivity index (χ1v) is 5.82. The number of benzene rings is 1. The lowest BCUT2D eigenvalue weighted by molar-refractivity contribution is 0.409. The van der Waals surface area contributed by atoms with Gasteiger partial charge in [0.15, 0.2) is 5.69 Å². The third-order valence-corrected chi connectivity index (χ3v) is 2.84. The van der Waals surface area contributed by atoms with Crippen LogP contribution in [0.25, 0.3) is 0 Å². The van der Waals surface area contributed by atoms with E-state index in [1.807, 2.05) is 31.2 Å². The molecular weight excluding hydrogens is 226 g/mol. The molecule has 0 saturated heterocycles. The Morgan fingerprint density at radius 3 is 2.83 bits per heavy atom.